The molecular formula is C15H21BrN2. The molecule has 1 atom stereocenters. The average molecular weight is 309 g/mol. The van der Waals surface area contributed by atoms with E-state index in [2.05, 4.69) is 64.1 Å². The average Bonchev–Trinajstić information content (AvgIpc) is 2.35. The monoisotopic (exact) mass is 308 g/mol. The largest absolute Gasteiger partial charge is 0.363 e. The highest BCUT2D eigenvalue weighted by molar-refractivity contribution is 9.10. The number of terminal acetylenes is 1. The molecule has 1 N–H and O–H groups in total. The van der Waals surface area contributed by atoms with Crippen molar-refractivity contribution in [1.82, 2.24) is 5.32 Å². The van der Waals surface area contributed by atoms with E-state index in [4.69, 9.17) is 6.42 Å². The molecular weight excluding hydrogens is 288 g/mol. The molecule has 0 bridgehead atoms. The summed E-state index contributed by atoms with van der Waals surface area (Å²) in [4.78, 5) is 2.05. The summed E-state index contributed by atoms with van der Waals surface area (Å²) < 4.78 is 1.09. The van der Waals surface area contributed by atoms with Gasteiger partial charge in [0.2, 0.25) is 0 Å². The fourth-order valence-electron chi connectivity index (χ4n) is 1.80. The number of hydrogen-bond acceptors (Lipinski definition) is 2. The third-order valence-electron chi connectivity index (χ3n) is 2.91. The number of hydrogen-bond donors (Lipinski definition) is 1. The van der Waals surface area contributed by atoms with Gasteiger partial charge in [-0.2, -0.15) is 0 Å². The zero-order valence-corrected chi connectivity index (χ0v) is 12.9. The third-order valence-corrected chi connectivity index (χ3v) is 3.55. The molecule has 1 aromatic rings. The predicted octanol–water partition coefficient (Wildman–Crippen LogP) is 3.58. The Labute approximate surface area is 119 Å². The van der Waals surface area contributed by atoms with Crippen LogP contribution in [0.3, 0.4) is 0 Å². The van der Waals surface area contributed by atoms with E-state index in [1.165, 1.54) is 5.56 Å². The standard InChI is InChI=1S/C15H21BrN2/c1-5-9-17-12(3)13-7-8-15(14(16)11-13)18(4)10-6-2/h2,7-8,11-12,17H,5,9-10H2,1,3-4H3. The fourth-order valence-corrected chi connectivity index (χ4v) is 2.50. The molecule has 0 saturated carbocycles. The van der Waals surface area contributed by atoms with Crippen LogP contribution in [-0.4, -0.2) is 20.1 Å². The van der Waals surface area contributed by atoms with Gasteiger partial charge < -0.3 is 10.2 Å². The van der Waals surface area contributed by atoms with E-state index in [-0.39, 0.29) is 0 Å². The van der Waals surface area contributed by atoms with Crippen molar-refractivity contribution in [2.45, 2.75) is 26.3 Å². The number of nitrogens with zero attached hydrogens (tertiary/aromatic N) is 1. The van der Waals surface area contributed by atoms with Crippen LogP contribution >= 0.6 is 15.9 Å². The second kappa shape index (κ2) is 7.45. The summed E-state index contributed by atoms with van der Waals surface area (Å²) in [7, 11) is 2.00. The van der Waals surface area contributed by atoms with Crippen molar-refractivity contribution >= 4 is 21.6 Å². The Hall–Kier alpha value is -0.980. The van der Waals surface area contributed by atoms with Crippen molar-refractivity contribution in [3.63, 3.8) is 0 Å². The molecule has 0 aliphatic carbocycles. The maximum atomic E-state index is 5.33. The first-order valence-corrected chi connectivity index (χ1v) is 7.06. The predicted molar refractivity (Wildman–Crippen MR) is 83.0 cm³/mol. The first-order valence-electron chi connectivity index (χ1n) is 6.27. The van der Waals surface area contributed by atoms with Gasteiger partial charge in [0, 0.05) is 17.6 Å². The lowest BCUT2D eigenvalue weighted by atomic mass is 10.1. The lowest BCUT2D eigenvalue weighted by Crippen LogP contribution is -2.20. The summed E-state index contributed by atoms with van der Waals surface area (Å²) in [5.41, 5.74) is 2.41. The molecule has 1 aromatic carbocycles. The van der Waals surface area contributed by atoms with Crippen LogP contribution in [0.5, 0.6) is 0 Å². The molecule has 2 nitrogen and oxygen atoms in total. The Kier molecular flexibility index (Phi) is 6.24. The van der Waals surface area contributed by atoms with Gasteiger partial charge in [-0.3, -0.25) is 0 Å². The Bertz CT molecular complexity index is 423. The molecule has 18 heavy (non-hydrogen) atoms. The van der Waals surface area contributed by atoms with E-state index in [0.29, 0.717) is 12.6 Å². The quantitative estimate of drug-likeness (QED) is 0.808. The van der Waals surface area contributed by atoms with Crippen LogP contribution in [0.25, 0.3) is 0 Å². The second-order valence-electron chi connectivity index (χ2n) is 4.45. The summed E-state index contributed by atoms with van der Waals surface area (Å²) >= 11 is 3.62. The summed E-state index contributed by atoms with van der Waals surface area (Å²) in [5, 5.41) is 3.48. The van der Waals surface area contributed by atoms with Crippen LogP contribution in [0, 0.1) is 12.3 Å². The molecule has 0 aliphatic heterocycles. The number of nitrogens with one attached hydrogen (secondary N) is 1. The SMILES string of the molecule is C#CCN(C)c1ccc(C(C)NCCC)cc1Br. The van der Waals surface area contributed by atoms with Crippen molar-refractivity contribution in [3.8, 4) is 12.3 Å². The highest BCUT2D eigenvalue weighted by atomic mass is 79.9. The summed E-state index contributed by atoms with van der Waals surface area (Å²) in [6.07, 6.45) is 6.48. The molecule has 0 fully saturated rings. The molecule has 1 unspecified atom stereocenters. The van der Waals surface area contributed by atoms with Gasteiger partial charge in [-0.05, 0) is 53.5 Å². The van der Waals surface area contributed by atoms with E-state index >= 15 is 0 Å². The smallest absolute Gasteiger partial charge is 0.0788 e. The van der Waals surface area contributed by atoms with Gasteiger partial charge in [0.25, 0.3) is 0 Å². The molecule has 0 spiro atoms. The van der Waals surface area contributed by atoms with Crippen molar-refractivity contribution < 1.29 is 0 Å². The summed E-state index contributed by atoms with van der Waals surface area (Å²) in [6, 6.07) is 6.80. The highest BCUT2D eigenvalue weighted by Crippen LogP contribution is 2.28. The van der Waals surface area contributed by atoms with Crippen molar-refractivity contribution in [2.75, 3.05) is 25.0 Å². The third kappa shape index (κ3) is 4.04. The van der Waals surface area contributed by atoms with Gasteiger partial charge in [0.05, 0.1) is 12.2 Å². The molecule has 1 rings (SSSR count). The Morgan fingerprint density at radius 2 is 2.22 bits per heavy atom. The summed E-state index contributed by atoms with van der Waals surface area (Å²) in [5.74, 6) is 2.65. The maximum absolute atomic E-state index is 5.33. The Morgan fingerprint density at radius 3 is 2.78 bits per heavy atom. The molecule has 0 aromatic heterocycles. The fraction of sp³-hybridized carbons (Fsp3) is 0.467. The molecule has 0 aliphatic rings. The number of benzene rings is 1. The minimum atomic E-state index is 0.369. The van der Waals surface area contributed by atoms with E-state index in [1.807, 2.05) is 7.05 Å². The molecule has 0 saturated heterocycles. The topological polar surface area (TPSA) is 15.3 Å². The van der Waals surface area contributed by atoms with Crippen LogP contribution < -0.4 is 10.2 Å². The zero-order valence-electron chi connectivity index (χ0n) is 11.3. The first-order chi connectivity index (χ1) is 8.60. The minimum Gasteiger partial charge on any atom is -0.363 e. The van der Waals surface area contributed by atoms with Gasteiger partial charge >= 0.3 is 0 Å². The molecule has 0 heterocycles. The van der Waals surface area contributed by atoms with Gasteiger partial charge in [0.15, 0.2) is 0 Å². The van der Waals surface area contributed by atoms with Crippen LogP contribution in [0.4, 0.5) is 5.69 Å². The first kappa shape index (κ1) is 15.1. The highest BCUT2D eigenvalue weighted by Gasteiger charge is 2.09. The lowest BCUT2D eigenvalue weighted by molar-refractivity contribution is 0.570. The minimum absolute atomic E-state index is 0.369. The second-order valence-corrected chi connectivity index (χ2v) is 5.30. The molecule has 3 heteroatoms. The molecule has 0 radical (unpaired) electrons. The van der Waals surface area contributed by atoms with E-state index in [9.17, 15) is 0 Å². The van der Waals surface area contributed by atoms with Gasteiger partial charge in [-0.1, -0.05) is 18.9 Å². The van der Waals surface area contributed by atoms with Crippen molar-refractivity contribution in [2.24, 2.45) is 0 Å². The van der Waals surface area contributed by atoms with Crippen LogP contribution in [0.2, 0.25) is 0 Å². The van der Waals surface area contributed by atoms with Crippen molar-refractivity contribution in [1.29, 1.82) is 0 Å². The van der Waals surface area contributed by atoms with E-state index < -0.39 is 0 Å². The summed E-state index contributed by atoms with van der Waals surface area (Å²) in [6.45, 7) is 6.01. The maximum Gasteiger partial charge on any atom is 0.0788 e. The van der Waals surface area contributed by atoms with Crippen LogP contribution in [0.15, 0.2) is 22.7 Å². The molecule has 0 amide bonds. The number of halogens is 1. The van der Waals surface area contributed by atoms with Gasteiger partial charge in [-0.25, -0.2) is 0 Å². The Balaban J connectivity index is 2.82. The number of rotatable bonds is 6. The molecule has 98 valence electrons. The van der Waals surface area contributed by atoms with Gasteiger partial charge in [-0.15, -0.1) is 6.42 Å². The van der Waals surface area contributed by atoms with E-state index in [1.54, 1.807) is 0 Å². The Morgan fingerprint density at radius 1 is 1.50 bits per heavy atom. The van der Waals surface area contributed by atoms with Gasteiger partial charge in [0.1, 0.15) is 0 Å². The van der Waals surface area contributed by atoms with Crippen LogP contribution in [-0.2, 0) is 0 Å². The van der Waals surface area contributed by atoms with Crippen molar-refractivity contribution in [3.05, 3.63) is 28.2 Å². The van der Waals surface area contributed by atoms with Crippen LogP contribution in [0.1, 0.15) is 31.9 Å². The number of anilines is 1. The zero-order chi connectivity index (χ0) is 13.5. The lowest BCUT2D eigenvalue weighted by Gasteiger charge is -2.20. The normalized spacial score (nSPS) is 11.9. The van der Waals surface area contributed by atoms with E-state index in [0.717, 1.165) is 23.1 Å².